The van der Waals surface area contributed by atoms with Gasteiger partial charge in [-0.1, -0.05) is 12.2 Å². The van der Waals surface area contributed by atoms with Gasteiger partial charge in [0.05, 0.1) is 11.2 Å². The van der Waals surface area contributed by atoms with Crippen LogP contribution in [-0.2, 0) is 0 Å². The molecule has 4 rings (SSSR count). The number of carboxylic acids is 1. The molecule has 136 valence electrons. The van der Waals surface area contributed by atoms with Gasteiger partial charge in [0.15, 0.2) is 0 Å². The number of hydrogen-bond acceptors (Lipinski definition) is 4. The number of piperazine rings is 1. The summed E-state index contributed by atoms with van der Waals surface area (Å²) in [5, 5.41) is 13.3. The molecule has 1 saturated heterocycles. The molecule has 2 atom stereocenters. The molecule has 0 spiro atoms. The summed E-state index contributed by atoms with van der Waals surface area (Å²) in [4.78, 5) is 26.6. The number of allylic oxidation sites excluding steroid dienone is 1. The van der Waals surface area contributed by atoms with Gasteiger partial charge < -0.3 is 19.9 Å². The first-order valence-corrected chi connectivity index (χ1v) is 9.49. The van der Waals surface area contributed by atoms with Gasteiger partial charge in [-0.15, -0.1) is 0 Å². The fourth-order valence-electron chi connectivity index (χ4n) is 3.92. The number of rotatable bonds is 2. The summed E-state index contributed by atoms with van der Waals surface area (Å²) < 4.78 is 2.72. The molecule has 0 radical (unpaired) electrons. The Morgan fingerprint density at radius 1 is 1.38 bits per heavy atom. The van der Waals surface area contributed by atoms with Crippen LogP contribution in [0.4, 0.5) is 5.69 Å². The van der Waals surface area contributed by atoms with E-state index in [1.54, 1.807) is 6.07 Å². The van der Waals surface area contributed by atoms with Crippen molar-refractivity contribution >= 4 is 44.6 Å². The second-order valence-electron chi connectivity index (χ2n) is 7.00. The molecule has 0 bridgehead atoms. The number of anilines is 1. The summed E-state index contributed by atoms with van der Waals surface area (Å²) in [6, 6.07) is 2.14. The third-order valence-corrected chi connectivity index (χ3v) is 5.78. The fourth-order valence-corrected chi connectivity index (χ4v) is 4.62. The van der Waals surface area contributed by atoms with Crippen LogP contribution in [0.25, 0.3) is 17.0 Å². The highest BCUT2D eigenvalue weighted by atomic mass is 79.9. The summed E-state index contributed by atoms with van der Waals surface area (Å²) in [5.41, 5.74) is 2.20. The lowest BCUT2D eigenvalue weighted by Gasteiger charge is -2.36. The molecule has 0 saturated carbocycles. The van der Waals surface area contributed by atoms with Crippen LogP contribution in [0.3, 0.4) is 0 Å². The maximum Gasteiger partial charge on any atom is 0.341 e. The molecule has 2 N–H and O–H groups in total. The number of benzene rings is 1. The van der Waals surface area contributed by atoms with Crippen LogP contribution >= 0.6 is 15.9 Å². The Bertz CT molecular complexity index is 1010. The Balaban J connectivity index is 2.05. The van der Waals surface area contributed by atoms with Crippen molar-refractivity contribution < 1.29 is 9.90 Å². The predicted molar refractivity (Wildman–Crippen MR) is 106 cm³/mol. The first-order chi connectivity index (χ1) is 12.4. The average Bonchev–Trinajstić information content (AvgIpc) is 2.59. The first-order valence-electron chi connectivity index (χ1n) is 8.69. The van der Waals surface area contributed by atoms with Crippen molar-refractivity contribution in [3.63, 3.8) is 0 Å². The fraction of sp³-hybridized carbons (Fsp3) is 0.368. The Hall–Kier alpha value is -2.12. The number of aromatic nitrogens is 1. The lowest BCUT2D eigenvalue weighted by molar-refractivity contribution is 0.0695. The predicted octanol–water partition coefficient (Wildman–Crippen LogP) is 2.85. The molecule has 6 nitrogen and oxygen atoms in total. The van der Waals surface area contributed by atoms with Gasteiger partial charge in [0.25, 0.3) is 0 Å². The van der Waals surface area contributed by atoms with Gasteiger partial charge in [-0.3, -0.25) is 4.79 Å². The van der Waals surface area contributed by atoms with Crippen LogP contribution in [-0.4, -0.2) is 41.3 Å². The second-order valence-corrected chi connectivity index (χ2v) is 7.86. The van der Waals surface area contributed by atoms with Crippen molar-refractivity contribution in [1.29, 1.82) is 0 Å². The summed E-state index contributed by atoms with van der Waals surface area (Å²) >= 11 is 3.63. The number of halogens is 1. The molecule has 0 aliphatic carbocycles. The van der Waals surface area contributed by atoms with E-state index in [-0.39, 0.29) is 11.6 Å². The second kappa shape index (κ2) is 6.25. The zero-order chi connectivity index (χ0) is 18.6. The molecule has 0 amide bonds. The molecular formula is C19H20BrN3O3. The van der Waals surface area contributed by atoms with Crippen LogP contribution in [0.1, 0.15) is 35.8 Å². The van der Waals surface area contributed by atoms with Crippen LogP contribution in [0.2, 0.25) is 0 Å². The third kappa shape index (κ3) is 2.57. The largest absolute Gasteiger partial charge is 0.477 e. The van der Waals surface area contributed by atoms with Gasteiger partial charge in [-0.05, 0) is 35.8 Å². The molecule has 1 aromatic carbocycles. The maximum atomic E-state index is 12.8. The minimum Gasteiger partial charge on any atom is -0.477 e. The summed E-state index contributed by atoms with van der Waals surface area (Å²) in [6.45, 7) is 6.79. The van der Waals surface area contributed by atoms with Crippen molar-refractivity contribution in [3.8, 4) is 0 Å². The van der Waals surface area contributed by atoms with Gasteiger partial charge in [-0.25, -0.2) is 4.79 Å². The Morgan fingerprint density at radius 3 is 2.85 bits per heavy atom. The van der Waals surface area contributed by atoms with Crippen molar-refractivity contribution in [2.45, 2.75) is 25.9 Å². The zero-order valence-electron chi connectivity index (χ0n) is 14.6. The Morgan fingerprint density at radius 2 is 2.15 bits per heavy atom. The van der Waals surface area contributed by atoms with Gasteiger partial charge >= 0.3 is 5.97 Å². The van der Waals surface area contributed by atoms with E-state index in [9.17, 15) is 14.7 Å². The number of aromatic carboxylic acids is 1. The SMILES string of the molecule is CC1CN(c2c(Br)cc3c(=O)c(C(=O)O)cn4c3c2C=CC4C)CCN1. The zero-order valence-corrected chi connectivity index (χ0v) is 16.2. The summed E-state index contributed by atoms with van der Waals surface area (Å²) in [5.74, 6) is -1.19. The molecule has 3 heterocycles. The molecule has 7 heteroatoms. The molecule has 1 fully saturated rings. The van der Waals surface area contributed by atoms with E-state index >= 15 is 0 Å². The monoisotopic (exact) mass is 417 g/mol. The summed E-state index contributed by atoms with van der Waals surface area (Å²) in [7, 11) is 0. The minimum atomic E-state index is -1.19. The highest BCUT2D eigenvalue weighted by molar-refractivity contribution is 9.10. The van der Waals surface area contributed by atoms with E-state index in [2.05, 4.69) is 39.1 Å². The molecular weight excluding hydrogens is 398 g/mol. The van der Waals surface area contributed by atoms with E-state index in [0.29, 0.717) is 11.4 Å². The first kappa shape index (κ1) is 17.3. The van der Waals surface area contributed by atoms with E-state index < -0.39 is 11.4 Å². The quantitative estimate of drug-likeness (QED) is 0.785. The van der Waals surface area contributed by atoms with Gasteiger partial charge in [0, 0.05) is 53.3 Å². The minimum absolute atomic E-state index is 0.0142. The molecule has 2 aliphatic heterocycles. The number of nitrogens with zero attached hydrogens (tertiary/aromatic N) is 2. The van der Waals surface area contributed by atoms with Gasteiger partial charge in [0.1, 0.15) is 5.56 Å². The van der Waals surface area contributed by atoms with E-state index in [0.717, 1.165) is 40.9 Å². The van der Waals surface area contributed by atoms with E-state index in [1.165, 1.54) is 6.20 Å². The van der Waals surface area contributed by atoms with Crippen molar-refractivity contribution in [2.75, 3.05) is 24.5 Å². The highest BCUT2D eigenvalue weighted by Crippen LogP contribution is 2.40. The van der Waals surface area contributed by atoms with E-state index in [1.807, 2.05) is 17.6 Å². The van der Waals surface area contributed by atoms with Crippen molar-refractivity contribution in [3.05, 3.63) is 44.2 Å². The lowest BCUT2D eigenvalue weighted by atomic mass is 9.98. The normalized spacial score (nSPS) is 22.0. The molecule has 2 aliphatic rings. The van der Waals surface area contributed by atoms with Crippen LogP contribution in [0.15, 0.2) is 27.6 Å². The smallest absolute Gasteiger partial charge is 0.341 e. The number of nitrogens with one attached hydrogen (secondary N) is 1. The van der Waals surface area contributed by atoms with Crippen molar-refractivity contribution in [2.24, 2.45) is 0 Å². The molecule has 2 unspecified atom stereocenters. The topological polar surface area (TPSA) is 74.6 Å². The number of carbonyl (C=O) groups is 1. The van der Waals surface area contributed by atoms with Crippen LogP contribution < -0.4 is 15.6 Å². The lowest BCUT2D eigenvalue weighted by Crippen LogP contribution is -2.49. The average molecular weight is 418 g/mol. The number of carboxylic acid groups (broad SMARTS) is 1. The number of hydrogen-bond donors (Lipinski definition) is 2. The van der Waals surface area contributed by atoms with Gasteiger partial charge in [-0.2, -0.15) is 0 Å². The Kier molecular flexibility index (Phi) is 4.16. The Labute approximate surface area is 159 Å². The van der Waals surface area contributed by atoms with Crippen LogP contribution in [0.5, 0.6) is 0 Å². The summed E-state index contributed by atoms with van der Waals surface area (Å²) in [6.07, 6.45) is 5.57. The molecule has 2 aromatic rings. The highest BCUT2D eigenvalue weighted by Gasteiger charge is 2.27. The third-order valence-electron chi connectivity index (χ3n) is 5.17. The number of pyridine rings is 1. The molecule has 26 heavy (non-hydrogen) atoms. The van der Waals surface area contributed by atoms with Crippen molar-refractivity contribution in [1.82, 2.24) is 9.88 Å². The maximum absolute atomic E-state index is 12.8. The van der Waals surface area contributed by atoms with Crippen LogP contribution in [0, 0.1) is 0 Å². The van der Waals surface area contributed by atoms with E-state index in [4.69, 9.17) is 0 Å². The standard InChI is InChI=1S/C19H20BrN3O3/c1-10-8-22(6-5-21-10)17-12-4-3-11(2)23-9-14(19(25)26)18(24)13(16(12)23)7-15(17)20/h3-4,7,9-11,21H,5-6,8H2,1-2H3,(H,25,26). The molecule has 1 aromatic heterocycles. The van der Waals surface area contributed by atoms with Gasteiger partial charge in [0.2, 0.25) is 5.43 Å².